The van der Waals surface area contributed by atoms with Crippen LogP contribution in [0.15, 0.2) is 42.5 Å². The van der Waals surface area contributed by atoms with Gasteiger partial charge < -0.3 is 21.3 Å². The highest BCUT2D eigenvalue weighted by Crippen LogP contribution is 2.35. The van der Waals surface area contributed by atoms with Crippen LogP contribution in [-0.4, -0.2) is 43.6 Å². The molecular formula is C24H23F2N5O. The van der Waals surface area contributed by atoms with Gasteiger partial charge in [-0.1, -0.05) is 12.1 Å². The maximum atomic E-state index is 14.9. The predicted octanol–water partition coefficient (Wildman–Crippen LogP) is 2.97. The Kier molecular flexibility index (Phi) is 5.22. The Bertz CT molecular complexity index is 1190. The second-order valence-electron chi connectivity index (χ2n) is 8.04. The van der Waals surface area contributed by atoms with Gasteiger partial charge in [-0.3, -0.25) is 4.79 Å². The van der Waals surface area contributed by atoms with Gasteiger partial charge >= 0.3 is 0 Å². The Balaban J connectivity index is 1.53. The van der Waals surface area contributed by atoms with Crippen molar-refractivity contribution in [3.05, 3.63) is 65.4 Å². The maximum Gasteiger partial charge on any atom is 0.251 e. The van der Waals surface area contributed by atoms with E-state index < -0.39 is 11.8 Å². The Labute approximate surface area is 184 Å². The molecular weight excluding hydrogens is 412 g/mol. The molecule has 0 saturated carbocycles. The number of nitrogens with one attached hydrogen (secondary N) is 2. The Hall–Kier alpha value is -3.52. The van der Waals surface area contributed by atoms with Crippen molar-refractivity contribution < 1.29 is 13.6 Å². The van der Waals surface area contributed by atoms with Crippen molar-refractivity contribution in [3.8, 4) is 22.3 Å². The molecule has 0 aliphatic carbocycles. The fourth-order valence-electron chi connectivity index (χ4n) is 4.35. The third-order valence-electron chi connectivity index (χ3n) is 6.07. The quantitative estimate of drug-likeness (QED) is 0.551. The van der Waals surface area contributed by atoms with Crippen molar-refractivity contribution >= 4 is 17.4 Å². The summed E-state index contributed by atoms with van der Waals surface area (Å²) in [5.74, 6) is -1.70. The molecule has 164 valence electrons. The van der Waals surface area contributed by atoms with E-state index >= 15 is 0 Å². The average Bonchev–Trinajstić information content (AvgIpc) is 2.81. The lowest BCUT2D eigenvalue weighted by molar-refractivity contribution is 0.0945. The van der Waals surface area contributed by atoms with E-state index in [9.17, 15) is 13.6 Å². The number of hydrogen-bond acceptors (Lipinski definition) is 5. The van der Waals surface area contributed by atoms with Crippen molar-refractivity contribution in [1.29, 1.82) is 0 Å². The molecule has 0 bridgehead atoms. The van der Waals surface area contributed by atoms with Crippen molar-refractivity contribution in [2.24, 2.45) is 0 Å². The summed E-state index contributed by atoms with van der Waals surface area (Å²) < 4.78 is 29.7. The number of nitrogen functional groups attached to an aromatic ring is 1. The van der Waals surface area contributed by atoms with Gasteiger partial charge in [0.05, 0.1) is 0 Å². The van der Waals surface area contributed by atoms with Gasteiger partial charge in [0.25, 0.3) is 5.91 Å². The molecule has 2 aliphatic heterocycles. The largest absolute Gasteiger partial charge is 0.383 e. The standard InChI is InChI=1S/C24H23F2N5O/c25-21-13-18-15(5-6-29-24(18)32)11-19(21)20-12-17(22(26)30-23(20)27)14-1-3-16(4-2-14)31-9-7-28-8-10-31/h1-4,11-13,28H,5-10H2,(H2,27,30)(H,29,32). The molecule has 3 heterocycles. The monoisotopic (exact) mass is 435 g/mol. The summed E-state index contributed by atoms with van der Waals surface area (Å²) in [6.45, 7) is 4.16. The number of anilines is 2. The highest BCUT2D eigenvalue weighted by atomic mass is 19.1. The average molecular weight is 435 g/mol. The molecule has 1 saturated heterocycles. The van der Waals surface area contributed by atoms with Gasteiger partial charge in [0.15, 0.2) is 0 Å². The lowest BCUT2D eigenvalue weighted by Crippen LogP contribution is -2.43. The molecule has 4 N–H and O–H groups in total. The van der Waals surface area contributed by atoms with E-state index in [4.69, 9.17) is 5.73 Å². The van der Waals surface area contributed by atoms with E-state index in [2.05, 4.69) is 20.5 Å². The van der Waals surface area contributed by atoms with Crippen LogP contribution in [0.1, 0.15) is 15.9 Å². The number of nitrogens with two attached hydrogens (primary N) is 1. The summed E-state index contributed by atoms with van der Waals surface area (Å²) >= 11 is 0. The number of halogens is 2. The number of rotatable bonds is 3. The molecule has 8 heteroatoms. The number of carbonyl (C=O) groups is 1. The molecule has 1 aromatic heterocycles. The fourth-order valence-corrected chi connectivity index (χ4v) is 4.35. The number of benzene rings is 2. The van der Waals surface area contributed by atoms with E-state index in [1.165, 1.54) is 12.1 Å². The normalized spacial score (nSPS) is 15.9. The molecule has 0 radical (unpaired) electrons. The van der Waals surface area contributed by atoms with E-state index in [0.29, 0.717) is 29.7 Å². The molecule has 32 heavy (non-hydrogen) atoms. The molecule has 2 aliphatic rings. The third kappa shape index (κ3) is 3.67. The predicted molar refractivity (Wildman–Crippen MR) is 121 cm³/mol. The second kappa shape index (κ2) is 8.20. The van der Waals surface area contributed by atoms with Crippen molar-refractivity contribution in [2.75, 3.05) is 43.4 Å². The molecule has 6 nitrogen and oxygen atoms in total. The van der Waals surface area contributed by atoms with Gasteiger partial charge in [0.2, 0.25) is 5.95 Å². The zero-order valence-corrected chi connectivity index (χ0v) is 17.4. The van der Waals surface area contributed by atoms with Crippen molar-refractivity contribution in [2.45, 2.75) is 6.42 Å². The molecule has 0 spiro atoms. The molecule has 1 fully saturated rings. The van der Waals surface area contributed by atoms with E-state index in [-0.39, 0.29) is 22.9 Å². The minimum atomic E-state index is -0.709. The van der Waals surface area contributed by atoms with Crippen LogP contribution in [0.25, 0.3) is 22.3 Å². The summed E-state index contributed by atoms with van der Waals surface area (Å²) in [6.07, 6.45) is 0.587. The molecule has 5 rings (SSSR count). The first-order valence-corrected chi connectivity index (χ1v) is 10.6. The number of aromatic nitrogens is 1. The molecule has 3 aromatic rings. The highest BCUT2D eigenvalue weighted by Gasteiger charge is 2.22. The van der Waals surface area contributed by atoms with E-state index in [1.54, 1.807) is 6.07 Å². The minimum Gasteiger partial charge on any atom is -0.383 e. The number of piperazine rings is 1. The summed E-state index contributed by atoms with van der Waals surface area (Å²) in [6, 6.07) is 11.9. The second-order valence-corrected chi connectivity index (χ2v) is 8.04. The smallest absolute Gasteiger partial charge is 0.251 e. The SMILES string of the molecule is Nc1nc(F)c(-c2ccc(N3CCNCC3)cc2)cc1-c1cc2c(cc1F)C(=O)NCC2. The molecule has 2 aromatic carbocycles. The topological polar surface area (TPSA) is 83.3 Å². The first-order valence-electron chi connectivity index (χ1n) is 10.6. The summed E-state index contributed by atoms with van der Waals surface area (Å²) in [7, 11) is 0. The lowest BCUT2D eigenvalue weighted by atomic mass is 9.93. The molecule has 1 amide bonds. The summed E-state index contributed by atoms with van der Waals surface area (Å²) in [5, 5.41) is 6.02. The molecule has 0 atom stereocenters. The number of pyridine rings is 1. The van der Waals surface area contributed by atoms with Crippen LogP contribution in [0.5, 0.6) is 0 Å². The number of amides is 1. The Morgan fingerprint density at radius 3 is 2.41 bits per heavy atom. The van der Waals surface area contributed by atoms with Crippen LogP contribution < -0.4 is 21.3 Å². The maximum absolute atomic E-state index is 14.9. The first kappa shape index (κ1) is 20.4. The zero-order valence-electron chi connectivity index (χ0n) is 17.4. The third-order valence-corrected chi connectivity index (χ3v) is 6.07. The summed E-state index contributed by atoms with van der Waals surface area (Å²) in [4.78, 5) is 18.1. The van der Waals surface area contributed by atoms with Crippen LogP contribution >= 0.6 is 0 Å². The van der Waals surface area contributed by atoms with E-state index in [0.717, 1.165) is 37.4 Å². The van der Waals surface area contributed by atoms with Crippen molar-refractivity contribution in [3.63, 3.8) is 0 Å². The van der Waals surface area contributed by atoms with Crippen molar-refractivity contribution in [1.82, 2.24) is 15.6 Å². The number of fused-ring (bicyclic) bond motifs is 1. The first-order chi connectivity index (χ1) is 15.5. The van der Waals surface area contributed by atoms with Gasteiger partial charge in [-0.15, -0.1) is 0 Å². The number of carbonyl (C=O) groups excluding carboxylic acids is 1. The van der Waals surface area contributed by atoms with Gasteiger partial charge in [-0.2, -0.15) is 4.39 Å². The van der Waals surface area contributed by atoms with Gasteiger partial charge in [0, 0.05) is 60.7 Å². The van der Waals surface area contributed by atoms with Crippen LogP contribution in [0, 0.1) is 11.8 Å². The molecule has 0 unspecified atom stereocenters. The lowest BCUT2D eigenvalue weighted by Gasteiger charge is -2.29. The van der Waals surface area contributed by atoms with Crippen LogP contribution in [0.4, 0.5) is 20.3 Å². The Morgan fingerprint density at radius 2 is 1.66 bits per heavy atom. The summed E-state index contributed by atoms with van der Waals surface area (Å²) in [5.41, 5.74) is 9.49. The van der Waals surface area contributed by atoms with Crippen LogP contribution in [0.2, 0.25) is 0 Å². The van der Waals surface area contributed by atoms with Gasteiger partial charge in [0.1, 0.15) is 11.6 Å². The van der Waals surface area contributed by atoms with Gasteiger partial charge in [-0.25, -0.2) is 9.37 Å². The van der Waals surface area contributed by atoms with Gasteiger partial charge in [-0.05, 0) is 47.9 Å². The fraction of sp³-hybridized carbons (Fsp3) is 0.250. The zero-order chi connectivity index (χ0) is 22.2. The minimum absolute atomic E-state index is 0.0946. The van der Waals surface area contributed by atoms with Crippen LogP contribution in [-0.2, 0) is 6.42 Å². The van der Waals surface area contributed by atoms with Crippen LogP contribution in [0.3, 0.4) is 0 Å². The highest BCUT2D eigenvalue weighted by molar-refractivity contribution is 5.97. The Morgan fingerprint density at radius 1 is 0.906 bits per heavy atom. The number of hydrogen-bond donors (Lipinski definition) is 3. The van der Waals surface area contributed by atoms with E-state index in [1.807, 2.05) is 24.3 Å². The number of nitrogens with zero attached hydrogens (tertiary/aromatic N) is 2.